The molecule has 2 heterocycles. The van der Waals surface area contributed by atoms with Crippen molar-refractivity contribution in [3.05, 3.63) is 81.0 Å². The number of allylic oxidation sites excluding steroid dienone is 1. The molecule has 114 valence electrons. The minimum Gasteiger partial charge on any atom is -0.324 e. The molecule has 0 spiro atoms. The zero-order valence-corrected chi connectivity index (χ0v) is 15.1. The van der Waals surface area contributed by atoms with E-state index in [1.165, 1.54) is 0 Å². The Labute approximate surface area is 150 Å². The average molecular weight is 432 g/mol. The molecule has 0 fully saturated rings. The third kappa shape index (κ3) is 2.84. The lowest BCUT2D eigenvalue weighted by atomic mass is 10.0. The summed E-state index contributed by atoms with van der Waals surface area (Å²) in [6.45, 7) is 0. The largest absolute Gasteiger partial charge is 0.324 e. The van der Waals surface area contributed by atoms with Crippen LogP contribution in [0.5, 0.6) is 0 Å². The number of hydrogen-bond donors (Lipinski definition) is 1. The van der Waals surface area contributed by atoms with E-state index >= 15 is 0 Å². The summed E-state index contributed by atoms with van der Waals surface area (Å²) >= 11 is 6.96. The summed E-state index contributed by atoms with van der Waals surface area (Å²) in [7, 11) is 0. The molecule has 0 saturated carbocycles. The van der Waals surface area contributed by atoms with Crippen molar-refractivity contribution >= 4 is 43.5 Å². The van der Waals surface area contributed by atoms with Crippen LogP contribution in [-0.2, 0) is 0 Å². The van der Waals surface area contributed by atoms with Crippen molar-refractivity contribution in [3.63, 3.8) is 0 Å². The van der Waals surface area contributed by atoms with Gasteiger partial charge in [0.25, 0.3) is 0 Å². The van der Waals surface area contributed by atoms with Crippen molar-refractivity contribution in [1.29, 1.82) is 0 Å². The average Bonchev–Trinajstić information content (AvgIpc) is 3.04. The van der Waals surface area contributed by atoms with Crippen molar-refractivity contribution in [2.75, 3.05) is 5.32 Å². The Bertz CT molecular complexity index is 866. The highest BCUT2D eigenvalue weighted by molar-refractivity contribution is 9.10. The first kappa shape index (κ1) is 14.7. The molecule has 1 aliphatic heterocycles. The number of rotatable bonds is 2. The molecule has 1 aromatic heterocycles. The van der Waals surface area contributed by atoms with Gasteiger partial charge in [-0.25, -0.2) is 4.68 Å². The number of benzene rings is 2. The van der Waals surface area contributed by atoms with E-state index in [-0.39, 0.29) is 6.04 Å². The molecule has 1 N–H and O–H groups in total. The maximum Gasteiger partial charge on any atom is 0.226 e. The number of nitrogens with zero attached hydrogens (tertiary/aromatic N) is 3. The number of hydrogen-bond acceptors (Lipinski definition) is 3. The molecule has 0 bridgehead atoms. The smallest absolute Gasteiger partial charge is 0.226 e. The van der Waals surface area contributed by atoms with Crippen LogP contribution < -0.4 is 5.32 Å². The van der Waals surface area contributed by atoms with Gasteiger partial charge >= 0.3 is 0 Å². The molecule has 23 heavy (non-hydrogen) atoms. The van der Waals surface area contributed by atoms with Gasteiger partial charge in [-0.3, -0.25) is 0 Å². The molecule has 2 aromatic carbocycles. The molecule has 1 atom stereocenters. The Morgan fingerprint density at radius 3 is 2.26 bits per heavy atom. The van der Waals surface area contributed by atoms with E-state index < -0.39 is 0 Å². The van der Waals surface area contributed by atoms with Crippen molar-refractivity contribution in [2.45, 2.75) is 6.04 Å². The number of aromatic nitrogens is 3. The van der Waals surface area contributed by atoms with Crippen LogP contribution in [0.1, 0.15) is 17.2 Å². The van der Waals surface area contributed by atoms with Gasteiger partial charge in [0, 0.05) is 14.6 Å². The zero-order valence-electron chi connectivity index (χ0n) is 11.9. The van der Waals surface area contributed by atoms with Gasteiger partial charge in [-0.2, -0.15) is 10.1 Å². The normalized spacial score (nSPS) is 16.4. The lowest BCUT2D eigenvalue weighted by molar-refractivity contribution is 0.612. The highest BCUT2D eigenvalue weighted by Crippen LogP contribution is 2.32. The fourth-order valence-corrected chi connectivity index (χ4v) is 3.16. The maximum atomic E-state index is 4.36. The van der Waals surface area contributed by atoms with E-state index in [9.17, 15) is 0 Å². The third-order valence-corrected chi connectivity index (χ3v) is 4.83. The standard InChI is InChI=1S/C17H12Br2N4/c18-13-5-1-11(2-6-13)15-9-16(12-3-7-14(19)8-4-12)23-17(22-15)20-10-21-23/h1-10,16H,(H,20,21,22)/t16-/m0/s1. The molecular weight excluding hydrogens is 420 g/mol. The second-order valence-electron chi connectivity index (χ2n) is 5.24. The van der Waals surface area contributed by atoms with Crippen LogP contribution in [0.2, 0.25) is 0 Å². The molecule has 3 aromatic rings. The summed E-state index contributed by atoms with van der Waals surface area (Å²) in [5.74, 6) is 0.748. The van der Waals surface area contributed by atoms with E-state index in [1.807, 2.05) is 28.9 Å². The monoisotopic (exact) mass is 430 g/mol. The second-order valence-corrected chi connectivity index (χ2v) is 7.07. The molecule has 6 heteroatoms. The summed E-state index contributed by atoms with van der Waals surface area (Å²) < 4.78 is 4.02. The maximum absolute atomic E-state index is 4.36. The van der Waals surface area contributed by atoms with Crippen LogP contribution in [0.25, 0.3) is 5.70 Å². The van der Waals surface area contributed by atoms with Gasteiger partial charge in [0.1, 0.15) is 12.4 Å². The summed E-state index contributed by atoms with van der Waals surface area (Å²) in [4.78, 5) is 4.32. The van der Waals surface area contributed by atoms with Crippen LogP contribution in [0, 0.1) is 0 Å². The predicted octanol–water partition coefficient (Wildman–Crippen LogP) is 4.86. The van der Waals surface area contributed by atoms with Gasteiger partial charge in [-0.1, -0.05) is 56.1 Å². The Kier molecular flexibility index (Phi) is 3.79. The minimum atomic E-state index is 0.0143. The Hall–Kier alpha value is -1.92. The molecule has 0 radical (unpaired) electrons. The van der Waals surface area contributed by atoms with Crippen molar-refractivity contribution in [3.8, 4) is 0 Å². The molecule has 0 saturated heterocycles. The highest BCUT2D eigenvalue weighted by Gasteiger charge is 2.23. The van der Waals surface area contributed by atoms with Crippen molar-refractivity contribution in [1.82, 2.24) is 14.8 Å². The molecule has 0 unspecified atom stereocenters. The highest BCUT2D eigenvalue weighted by atomic mass is 79.9. The van der Waals surface area contributed by atoms with E-state index in [0.717, 1.165) is 31.7 Å². The number of nitrogens with one attached hydrogen (secondary N) is 1. The molecular formula is C17H12Br2N4. The van der Waals surface area contributed by atoms with Crippen LogP contribution in [0.15, 0.2) is 69.9 Å². The fraction of sp³-hybridized carbons (Fsp3) is 0.0588. The van der Waals surface area contributed by atoms with Gasteiger partial charge in [-0.15, -0.1) is 0 Å². The fourth-order valence-electron chi connectivity index (χ4n) is 2.63. The van der Waals surface area contributed by atoms with Crippen molar-refractivity contribution < 1.29 is 0 Å². The van der Waals surface area contributed by atoms with Crippen LogP contribution in [-0.4, -0.2) is 14.8 Å². The number of fused-ring (bicyclic) bond motifs is 1. The first-order valence-electron chi connectivity index (χ1n) is 7.10. The van der Waals surface area contributed by atoms with Crippen LogP contribution in [0.3, 0.4) is 0 Å². The van der Waals surface area contributed by atoms with E-state index in [1.54, 1.807) is 6.33 Å². The summed E-state index contributed by atoms with van der Waals surface area (Å²) in [5, 5.41) is 7.71. The quantitative estimate of drug-likeness (QED) is 0.630. The van der Waals surface area contributed by atoms with Crippen molar-refractivity contribution in [2.24, 2.45) is 0 Å². The SMILES string of the molecule is Brc1ccc(C2=C[C@@H](c3ccc(Br)cc3)n3ncnc3N2)cc1. The van der Waals surface area contributed by atoms with E-state index in [4.69, 9.17) is 0 Å². The van der Waals surface area contributed by atoms with E-state index in [2.05, 4.69) is 77.6 Å². The molecule has 4 nitrogen and oxygen atoms in total. The molecule has 0 aliphatic carbocycles. The number of anilines is 1. The van der Waals surface area contributed by atoms with Crippen LogP contribution in [0.4, 0.5) is 5.95 Å². The molecule has 0 amide bonds. The van der Waals surface area contributed by atoms with Gasteiger partial charge in [0.15, 0.2) is 0 Å². The minimum absolute atomic E-state index is 0.0143. The molecule has 4 rings (SSSR count). The third-order valence-electron chi connectivity index (χ3n) is 3.77. The summed E-state index contributed by atoms with van der Waals surface area (Å²) in [6.07, 6.45) is 3.75. The summed E-state index contributed by atoms with van der Waals surface area (Å²) in [6, 6.07) is 16.5. The lowest BCUT2D eigenvalue weighted by Crippen LogP contribution is -2.20. The van der Waals surface area contributed by atoms with Gasteiger partial charge in [0.05, 0.1) is 0 Å². The molecule has 1 aliphatic rings. The van der Waals surface area contributed by atoms with E-state index in [0.29, 0.717) is 0 Å². The Balaban J connectivity index is 1.79. The Morgan fingerprint density at radius 1 is 0.913 bits per heavy atom. The second kappa shape index (κ2) is 5.94. The zero-order chi connectivity index (χ0) is 15.8. The first-order chi connectivity index (χ1) is 11.2. The topological polar surface area (TPSA) is 42.7 Å². The van der Waals surface area contributed by atoms with Gasteiger partial charge < -0.3 is 5.32 Å². The van der Waals surface area contributed by atoms with Crippen LogP contribution >= 0.6 is 31.9 Å². The Morgan fingerprint density at radius 2 is 1.57 bits per heavy atom. The van der Waals surface area contributed by atoms with Gasteiger partial charge in [0.2, 0.25) is 5.95 Å². The number of halogens is 2. The predicted molar refractivity (Wildman–Crippen MR) is 98.0 cm³/mol. The summed E-state index contributed by atoms with van der Waals surface area (Å²) in [5.41, 5.74) is 3.31. The first-order valence-corrected chi connectivity index (χ1v) is 8.69. The van der Waals surface area contributed by atoms with Gasteiger partial charge in [-0.05, 0) is 41.5 Å². The lowest BCUT2D eigenvalue weighted by Gasteiger charge is -2.24.